The average Bonchev–Trinajstić information content (AvgIpc) is 2.35. The van der Waals surface area contributed by atoms with E-state index < -0.39 is 10.9 Å². The van der Waals surface area contributed by atoms with Gasteiger partial charge in [-0.2, -0.15) is 0 Å². The number of nitro groups is 1. The summed E-state index contributed by atoms with van der Waals surface area (Å²) in [6, 6.07) is 4.58. The monoisotopic (exact) mass is 344 g/mol. The first-order chi connectivity index (χ1) is 9.36. The molecule has 0 radical (unpaired) electrons. The molecule has 6 nitrogen and oxygen atoms in total. The molecular weight excluding hydrogens is 328 g/mol. The highest BCUT2D eigenvalue weighted by Gasteiger charge is 2.24. The van der Waals surface area contributed by atoms with Crippen LogP contribution in [-0.2, 0) is 9.53 Å². The fourth-order valence-corrected chi connectivity index (χ4v) is 2.12. The number of benzene rings is 1. The molecule has 0 spiro atoms. The highest BCUT2D eigenvalue weighted by Crippen LogP contribution is 2.32. The van der Waals surface area contributed by atoms with Gasteiger partial charge in [-0.1, -0.05) is 15.9 Å². The van der Waals surface area contributed by atoms with Gasteiger partial charge >= 0.3 is 5.97 Å². The zero-order valence-corrected chi connectivity index (χ0v) is 13.2. The molecule has 0 fully saturated rings. The maximum Gasteiger partial charge on any atom is 0.325 e. The van der Waals surface area contributed by atoms with Crippen LogP contribution in [0.2, 0.25) is 0 Å². The molecule has 0 aromatic heterocycles. The summed E-state index contributed by atoms with van der Waals surface area (Å²) < 4.78 is 5.63. The Labute approximate surface area is 126 Å². The van der Waals surface area contributed by atoms with Gasteiger partial charge in [0.1, 0.15) is 12.2 Å². The van der Waals surface area contributed by atoms with E-state index in [1.54, 1.807) is 24.0 Å². The Kier molecular flexibility index (Phi) is 5.94. The van der Waals surface area contributed by atoms with E-state index >= 15 is 0 Å². The third-order valence-corrected chi connectivity index (χ3v) is 3.16. The molecule has 0 aliphatic heterocycles. The Hall–Kier alpha value is -1.63. The summed E-state index contributed by atoms with van der Waals surface area (Å²) in [6.45, 7) is 5.71. The number of esters is 1. The van der Waals surface area contributed by atoms with Crippen LogP contribution in [0.4, 0.5) is 11.4 Å². The Morgan fingerprint density at radius 3 is 2.65 bits per heavy atom. The number of nitrogens with zero attached hydrogens (tertiary/aromatic N) is 2. The van der Waals surface area contributed by atoms with Crippen LogP contribution in [0, 0.1) is 10.1 Å². The largest absolute Gasteiger partial charge is 0.465 e. The zero-order valence-electron chi connectivity index (χ0n) is 11.6. The van der Waals surface area contributed by atoms with Gasteiger partial charge in [-0.3, -0.25) is 14.9 Å². The van der Waals surface area contributed by atoms with Crippen LogP contribution in [0.3, 0.4) is 0 Å². The lowest BCUT2D eigenvalue weighted by Crippen LogP contribution is -2.37. The highest BCUT2D eigenvalue weighted by molar-refractivity contribution is 9.10. The van der Waals surface area contributed by atoms with Gasteiger partial charge in [-0.25, -0.2) is 0 Å². The van der Waals surface area contributed by atoms with E-state index in [1.165, 1.54) is 6.07 Å². The number of hydrogen-bond donors (Lipinski definition) is 0. The van der Waals surface area contributed by atoms with Gasteiger partial charge < -0.3 is 9.64 Å². The topological polar surface area (TPSA) is 72.7 Å². The molecule has 1 rings (SSSR count). The Bertz CT molecular complexity index is 505. The molecule has 0 amide bonds. The van der Waals surface area contributed by atoms with Crippen molar-refractivity contribution in [2.24, 2.45) is 0 Å². The third-order valence-electron chi connectivity index (χ3n) is 2.67. The minimum atomic E-state index is -0.456. The lowest BCUT2D eigenvalue weighted by atomic mass is 10.2. The first kappa shape index (κ1) is 16.4. The van der Waals surface area contributed by atoms with Gasteiger partial charge in [-0.15, -0.1) is 0 Å². The standard InChI is InChI=1S/C13H17BrN2O4/c1-4-20-13(17)8-15(9(2)3)12-7-10(14)5-6-11(12)16(18)19/h5-7,9H,4,8H2,1-3H3. The van der Waals surface area contributed by atoms with E-state index in [2.05, 4.69) is 15.9 Å². The lowest BCUT2D eigenvalue weighted by Gasteiger charge is -2.27. The number of carbonyl (C=O) groups is 1. The second-order valence-corrected chi connectivity index (χ2v) is 5.33. The average molecular weight is 345 g/mol. The molecule has 110 valence electrons. The van der Waals surface area contributed by atoms with Crippen LogP contribution in [0.25, 0.3) is 0 Å². The fourth-order valence-electron chi connectivity index (χ4n) is 1.77. The van der Waals surface area contributed by atoms with Gasteiger partial charge in [-0.05, 0) is 32.9 Å². The molecule has 0 saturated carbocycles. The van der Waals surface area contributed by atoms with Crippen LogP contribution in [0.1, 0.15) is 20.8 Å². The number of rotatable bonds is 6. The lowest BCUT2D eigenvalue weighted by molar-refractivity contribution is -0.384. The third kappa shape index (κ3) is 4.19. The van der Waals surface area contributed by atoms with Crippen LogP contribution in [0.5, 0.6) is 0 Å². The molecule has 0 heterocycles. The molecule has 0 unspecified atom stereocenters. The van der Waals surface area contributed by atoms with E-state index in [1.807, 2.05) is 13.8 Å². The van der Waals surface area contributed by atoms with Crippen molar-refractivity contribution in [2.45, 2.75) is 26.8 Å². The van der Waals surface area contributed by atoms with Crippen LogP contribution in [-0.4, -0.2) is 30.1 Å². The number of anilines is 1. The van der Waals surface area contributed by atoms with Crippen molar-refractivity contribution in [3.63, 3.8) is 0 Å². The normalized spacial score (nSPS) is 10.4. The molecule has 0 N–H and O–H groups in total. The maximum absolute atomic E-state index is 11.7. The second-order valence-electron chi connectivity index (χ2n) is 4.42. The number of hydrogen-bond acceptors (Lipinski definition) is 5. The molecule has 0 aliphatic carbocycles. The zero-order chi connectivity index (χ0) is 15.3. The first-order valence-electron chi connectivity index (χ1n) is 6.23. The highest BCUT2D eigenvalue weighted by atomic mass is 79.9. The second kappa shape index (κ2) is 7.23. The molecule has 1 aromatic carbocycles. The maximum atomic E-state index is 11.7. The molecule has 7 heteroatoms. The van der Waals surface area contributed by atoms with E-state index in [0.29, 0.717) is 10.2 Å². The minimum absolute atomic E-state index is 0.0250. The van der Waals surface area contributed by atoms with Gasteiger partial charge in [0.15, 0.2) is 0 Å². The molecule has 20 heavy (non-hydrogen) atoms. The summed E-state index contributed by atoms with van der Waals surface area (Å²) >= 11 is 3.29. The fraction of sp³-hybridized carbons (Fsp3) is 0.462. The van der Waals surface area contributed by atoms with Gasteiger partial charge in [0.05, 0.1) is 11.5 Å². The molecule has 0 bridgehead atoms. The molecule has 0 aliphatic rings. The van der Waals surface area contributed by atoms with Crippen molar-refractivity contribution < 1.29 is 14.5 Å². The summed E-state index contributed by atoms with van der Waals surface area (Å²) in [5.41, 5.74) is 0.360. The van der Waals surface area contributed by atoms with Gasteiger partial charge in [0, 0.05) is 16.6 Å². The van der Waals surface area contributed by atoms with Crippen molar-refractivity contribution in [3.8, 4) is 0 Å². The van der Waals surface area contributed by atoms with E-state index in [0.717, 1.165) is 0 Å². The van der Waals surface area contributed by atoms with E-state index in [4.69, 9.17) is 4.74 Å². The van der Waals surface area contributed by atoms with Crippen molar-refractivity contribution >= 4 is 33.3 Å². The number of nitro benzene ring substituents is 1. The number of carbonyl (C=O) groups excluding carboxylic acids is 1. The quantitative estimate of drug-likeness (QED) is 0.450. The summed E-state index contributed by atoms with van der Waals surface area (Å²) in [7, 11) is 0. The van der Waals surface area contributed by atoms with E-state index in [9.17, 15) is 14.9 Å². The Morgan fingerprint density at radius 1 is 1.50 bits per heavy atom. The van der Waals surface area contributed by atoms with Gasteiger partial charge in [0.2, 0.25) is 0 Å². The van der Waals surface area contributed by atoms with Crippen LogP contribution < -0.4 is 4.90 Å². The predicted molar refractivity (Wildman–Crippen MR) is 79.9 cm³/mol. The van der Waals surface area contributed by atoms with Crippen LogP contribution >= 0.6 is 15.9 Å². The Balaban J connectivity index is 3.17. The Morgan fingerprint density at radius 2 is 2.15 bits per heavy atom. The van der Waals surface area contributed by atoms with Crippen molar-refractivity contribution in [1.29, 1.82) is 0 Å². The molecule has 1 aromatic rings. The summed E-state index contributed by atoms with van der Waals surface area (Å²) in [4.78, 5) is 24.0. The molecular formula is C13H17BrN2O4. The van der Waals surface area contributed by atoms with Crippen LogP contribution in [0.15, 0.2) is 22.7 Å². The van der Waals surface area contributed by atoms with Crippen molar-refractivity contribution in [3.05, 3.63) is 32.8 Å². The van der Waals surface area contributed by atoms with Crippen molar-refractivity contribution in [1.82, 2.24) is 0 Å². The minimum Gasteiger partial charge on any atom is -0.465 e. The predicted octanol–water partition coefficient (Wildman–Crippen LogP) is 3.14. The van der Waals surface area contributed by atoms with Gasteiger partial charge in [0.25, 0.3) is 5.69 Å². The summed E-state index contributed by atoms with van der Waals surface area (Å²) in [5.74, 6) is -0.407. The smallest absolute Gasteiger partial charge is 0.325 e. The summed E-state index contributed by atoms with van der Waals surface area (Å²) in [5, 5.41) is 11.1. The SMILES string of the molecule is CCOC(=O)CN(c1cc(Br)ccc1[N+](=O)[O-])C(C)C. The van der Waals surface area contributed by atoms with Crippen molar-refractivity contribution in [2.75, 3.05) is 18.1 Å². The summed E-state index contributed by atoms with van der Waals surface area (Å²) in [6.07, 6.45) is 0. The molecule has 0 atom stereocenters. The number of ether oxygens (including phenoxy) is 1. The molecule has 0 saturated heterocycles. The first-order valence-corrected chi connectivity index (χ1v) is 7.02. The number of halogens is 1. The van der Waals surface area contributed by atoms with E-state index in [-0.39, 0.29) is 24.9 Å².